The highest BCUT2D eigenvalue weighted by molar-refractivity contribution is 5.11. The molecule has 0 radical (unpaired) electrons. The molecule has 0 atom stereocenters. The van der Waals surface area contributed by atoms with Crippen molar-refractivity contribution < 1.29 is 4.63 Å². The third-order valence-corrected chi connectivity index (χ3v) is 1.90. The van der Waals surface area contributed by atoms with Gasteiger partial charge in [-0.05, 0) is 12.8 Å². The zero-order chi connectivity index (χ0) is 8.97. The average Bonchev–Trinajstić information content (AvgIpc) is 2.48. The van der Waals surface area contributed by atoms with Gasteiger partial charge in [0.05, 0.1) is 0 Å². The SMILES string of the molecule is CCCCc1nonc1C(C)C. The van der Waals surface area contributed by atoms with Crippen molar-refractivity contribution in [2.24, 2.45) is 0 Å². The molecule has 12 heavy (non-hydrogen) atoms. The molecule has 0 saturated carbocycles. The number of aryl methyl sites for hydroxylation is 1. The van der Waals surface area contributed by atoms with Crippen molar-refractivity contribution in [3.63, 3.8) is 0 Å². The first-order valence-electron chi connectivity index (χ1n) is 4.57. The van der Waals surface area contributed by atoms with Gasteiger partial charge in [0, 0.05) is 5.92 Å². The molecule has 0 aliphatic rings. The summed E-state index contributed by atoms with van der Waals surface area (Å²) in [6.07, 6.45) is 3.34. The molecule has 0 amide bonds. The van der Waals surface area contributed by atoms with Crippen LogP contribution in [0.5, 0.6) is 0 Å². The van der Waals surface area contributed by atoms with Crippen LogP contribution in [-0.4, -0.2) is 10.3 Å². The van der Waals surface area contributed by atoms with E-state index in [1.807, 2.05) is 0 Å². The van der Waals surface area contributed by atoms with E-state index < -0.39 is 0 Å². The summed E-state index contributed by atoms with van der Waals surface area (Å²) < 4.78 is 4.70. The molecule has 0 N–H and O–H groups in total. The highest BCUT2D eigenvalue weighted by atomic mass is 16.6. The van der Waals surface area contributed by atoms with E-state index in [-0.39, 0.29) is 0 Å². The molecule has 1 aromatic rings. The standard InChI is InChI=1S/C9H16N2O/c1-4-5-6-8-9(7(2)3)11-12-10-8/h7H,4-6H2,1-3H3. The Bertz CT molecular complexity index is 230. The van der Waals surface area contributed by atoms with Gasteiger partial charge in [-0.3, -0.25) is 0 Å². The number of nitrogens with zero attached hydrogens (tertiary/aromatic N) is 2. The fourth-order valence-corrected chi connectivity index (χ4v) is 1.17. The summed E-state index contributed by atoms with van der Waals surface area (Å²) in [5, 5.41) is 7.77. The number of hydrogen-bond donors (Lipinski definition) is 0. The average molecular weight is 168 g/mol. The summed E-state index contributed by atoms with van der Waals surface area (Å²) >= 11 is 0. The molecule has 0 unspecified atom stereocenters. The summed E-state index contributed by atoms with van der Waals surface area (Å²) in [5.41, 5.74) is 2.05. The summed E-state index contributed by atoms with van der Waals surface area (Å²) in [6, 6.07) is 0. The van der Waals surface area contributed by atoms with Crippen LogP contribution in [0.4, 0.5) is 0 Å². The molecule has 1 heterocycles. The van der Waals surface area contributed by atoms with Crippen LogP contribution in [0.25, 0.3) is 0 Å². The second kappa shape index (κ2) is 4.24. The molecule has 0 fully saturated rings. The first-order valence-corrected chi connectivity index (χ1v) is 4.57. The maximum atomic E-state index is 4.70. The Hall–Kier alpha value is -0.860. The second-order valence-corrected chi connectivity index (χ2v) is 3.35. The van der Waals surface area contributed by atoms with Gasteiger partial charge in [-0.1, -0.05) is 37.5 Å². The van der Waals surface area contributed by atoms with Crippen molar-refractivity contribution in [2.75, 3.05) is 0 Å². The van der Waals surface area contributed by atoms with Crippen LogP contribution in [0.3, 0.4) is 0 Å². The highest BCUT2D eigenvalue weighted by Crippen LogP contribution is 2.16. The maximum absolute atomic E-state index is 4.70. The van der Waals surface area contributed by atoms with Crippen LogP contribution < -0.4 is 0 Å². The molecule has 68 valence electrons. The molecule has 0 aromatic carbocycles. The summed E-state index contributed by atoms with van der Waals surface area (Å²) in [7, 11) is 0. The number of rotatable bonds is 4. The first-order chi connectivity index (χ1) is 5.75. The van der Waals surface area contributed by atoms with E-state index in [0.29, 0.717) is 5.92 Å². The Morgan fingerprint density at radius 1 is 1.33 bits per heavy atom. The minimum Gasteiger partial charge on any atom is -0.244 e. The largest absolute Gasteiger partial charge is 0.244 e. The van der Waals surface area contributed by atoms with Gasteiger partial charge in [0.15, 0.2) is 0 Å². The van der Waals surface area contributed by atoms with Gasteiger partial charge in [0.25, 0.3) is 0 Å². The fraction of sp³-hybridized carbons (Fsp3) is 0.778. The predicted molar refractivity (Wildman–Crippen MR) is 47.0 cm³/mol. The van der Waals surface area contributed by atoms with E-state index in [1.54, 1.807) is 0 Å². The predicted octanol–water partition coefficient (Wildman–Crippen LogP) is 2.54. The van der Waals surface area contributed by atoms with Crippen molar-refractivity contribution >= 4 is 0 Å². The summed E-state index contributed by atoms with van der Waals surface area (Å²) in [5.74, 6) is 0.420. The number of aromatic nitrogens is 2. The van der Waals surface area contributed by atoms with Gasteiger partial charge in [0.2, 0.25) is 0 Å². The molecule has 1 aromatic heterocycles. The molecule has 1 rings (SSSR count). The minimum absolute atomic E-state index is 0.420. The van der Waals surface area contributed by atoms with E-state index in [0.717, 1.165) is 24.2 Å². The fourth-order valence-electron chi connectivity index (χ4n) is 1.17. The normalized spacial score (nSPS) is 11.0. The summed E-state index contributed by atoms with van der Waals surface area (Å²) in [6.45, 7) is 6.38. The zero-order valence-electron chi connectivity index (χ0n) is 8.00. The van der Waals surface area contributed by atoms with Crippen molar-refractivity contribution in [2.45, 2.75) is 46.0 Å². The van der Waals surface area contributed by atoms with Crippen LogP contribution >= 0.6 is 0 Å². The Kier molecular flexibility index (Phi) is 3.26. The van der Waals surface area contributed by atoms with Gasteiger partial charge in [-0.15, -0.1) is 0 Å². The topological polar surface area (TPSA) is 38.9 Å². The van der Waals surface area contributed by atoms with Crippen molar-refractivity contribution in [3.05, 3.63) is 11.4 Å². The molecular formula is C9H16N2O. The van der Waals surface area contributed by atoms with Crippen LogP contribution in [0.1, 0.15) is 50.9 Å². The van der Waals surface area contributed by atoms with Gasteiger partial charge in [-0.25, -0.2) is 4.63 Å². The lowest BCUT2D eigenvalue weighted by molar-refractivity contribution is 0.298. The van der Waals surface area contributed by atoms with Gasteiger partial charge in [0.1, 0.15) is 11.4 Å². The molecular weight excluding hydrogens is 152 g/mol. The van der Waals surface area contributed by atoms with Crippen LogP contribution in [0.15, 0.2) is 4.63 Å². The Labute approximate surface area is 73.1 Å². The van der Waals surface area contributed by atoms with E-state index in [1.165, 1.54) is 6.42 Å². The molecule has 0 saturated heterocycles. The third kappa shape index (κ3) is 2.06. The maximum Gasteiger partial charge on any atom is 0.110 e. The quantitative estimate of drug-likeness (QED) is 0.693. The van der Waals surface area contributed by atoms with Crippen LogP contribution in [-0.2, 0) is 6.42 Å². The highest BCUT2D eigenvalue weighted by Gasteiger charge is 2.11. The number of hydrogen-bond acceptors (Lipinski definition) is 3. The lowest BCUT2D eigenvalue weighted by atomic mass is 10.1. The van der Waals surface area contributed by atoms with Crippen molar-refractivity contribution in [1.29, 1.82) is 0 Å². The summed E-state index contributed by atoms with van der Waals surface area (Å²) in [4.78, 5) is 0. The van der Waals surface area contributed by atoms with E-state index in [9.17, 15) is 0 Å². The molecule has 3 heteroatoms. The Morgan fingerprint density at radius 3 is 2.67 bits per heavy atom. The Morgan fingerprint density at radius 2 is 2.08 bits per heavy atom. The van der Waals surface area contributed by atoms with E-state index in [4.69, 9.17) is 4.63 Å². The van der Waals surface area contributed by atoms with E-state index >= 15 is 0 Å². The molecule has 0 spiro atoms. The first kappa shape index (κ1) is 9.23. The lowest BCUT2D eigenvalue weighted by Crippen LogP contribution is -1.95. The lowest BCUT2D eigenvalue weighted by Gasteiger charge is -1.99. The third-order valence-electron chi connectivity index (χ3n) is 1.90. The van der Waals surface area contributed by atoms with Gasteiger partial charge >= 0.3 is 0 Å². The van der Waals surface area contributed by atoms with Crippen molar-refractivity contribution in [3.8, 4) is 0 Å². The number of unbranched alkanes of at least 4 members (excludes halogenated alkanes) is 1. The zero-order valence-corrected chi connectivity index (χ0v) is 8.00. The molecule has 0 bridgehead atoms. The van der Waals surface area contributed by atoms with Crippen molar-refractivity contribution in [1.82, 2.24) is 10.3 Å². The van der Waals surface area contributed by atoms with Gasteiger partial charge < -0.3 is 0 Å². The minimum atomic E-state index is 0.420. The second-order valence-electron chi connectivity index (χ2n) is 3.35. The smallest absolute Gasteiger partial charge is 0.110 e. The van der Waals surface area contributed by atoms with Gasteiger partial charge in [-0.2, -0.15) is 0 Å². The molecule has 3 nitrogen and oxygen atoms in total. The molecule has 0 aliphatic heterocycles. The monoisotopic (exact) mass is 168 g/mol. The Balaban J connectivity index is 2.64. The van der Waals surface area contributed by atoms with E-state index in [2.05, 4.69) is 31.1 Å². The molecule has 0 aliphatic carbocycles. The van der Waals surface area contributed by atoms with Crippen LogP contribution in [0, 0.1) is 0 Å². The van der Waals surface area contributed by atoms with Crippen LogP contribution in [0.2, 0.25) is 0 Å².